The molecule has 0 atom stereocenters. The van der Waals surface area contributed by atoms with E-state index in [0.29, 0.717) is 17.7 Å². The second-order valence-corrected chi connectivity index (χ2v) is 7.64. The number of benzene rings is 2. The highest BCUT2D eigenvalue weighted by molar-refractivity contribution is 7.99. The van der Waals surface area contributed by atoms with Crippen LogP contribution in [0.2, 0.25) is 0 Å². The van der Waals surface area contributed by atoms with E-state index in [0.717, 1.165) is 28.3 Å². The smallest absolute Gasteiger partial charge is 0.127 e. The van der Waals surface area contributed by atoms with Gasteiger partial charge in [-0.05, 0) is 36.6 Å². The van der Waals surface area contributed by atoms with Gasteiger partial charge >= 0.3 is 0 Å². The molecule has 142 valence electrons. The van der Waals surface area contributed by atoms with Crippen LogP contribution in [0.4, 0.5) is 8.78 Å². The third kappa shape index (κ3) is 4.57. The van der Waals surface area contributed by atoms with Crippen molar-refractivity contribution in [2.75, 3.05) is 6.61 Å². The Labute approximate surface area is 162 Å². The van der Waals surface area contributed by atoms with E-state index < -0.39 is 11.6 Å². The molecule has 0 fully saturated rings. The second-order valence-electron chi connectivity index (χ2n) is 6.58. The summed E-state index contributed by atoms with van der Waals surface area (Å²) in [5.41, 5.74) is 1.81. The van der Waals surface area contributed by atoms with Gasteiger partial charge in [0.15, 0.2) is 0 Å². The van der Waals surface area contributed by atoms with Crippen molar-refractivity contribution in [2.24, 2.45) is 0 Å². The van der Waals surface area contributed by atoms with Gasteiger partial charge in [0.2, 0.25) is 0 Å². The maximum absolute atomic E-state index is 13.7. The lowest BCUT2D eigenvalue weighted by Crippen LogP contribution is -2.04. The molecule has 0 amide bonds. The Hall–Kier alpha value is -2.18. The predicted molar refractivity (Wildman–Crippen MR) is 104 cm³/mol. The number of nitrogens with zero attached hydrogens (tertiary/aromatic N) is 2. The molecule has 27 heavy (non-hydrogen) atoms. The van der Waals surface area contributed by atoms with E-state index in [2.05, 4.69) is 0 Å². The molecule has 0 bridgehead atoms. The molecule has 0 saturated carbocycles. The highest BCUT2D eigenvalue weighted by Crippen LogP contribution is 2.37. The number of halogens is 2. The number of para-hydroxylation sites is 1. The summed E-state index contributed by atoms with van der Waals surface area (Å²) in [6.07, 6.45) is 1.21. The first-order valence-electron chi connectivity index (χ1n) is 8.91. The van der Waals surface area contributed by atoms with Crippen LogP contribution in [-0.2, 0) is 6.42 Å². The number of aliphatic hydroxyl groups is 1. The topological polar surface area (TPSA) is 38.1 Å². The summed E-state index contributed by atoms with van der Waals surface area (Å²) in [5.74, 6) is -0.230. The summed E-state index contributed by atoms with van der Waals surface area (Å²) in [5, 5.41) is 10.1. The lowest BCUT2D eigenvalue weighted by atomic mass is 10.1. The molecule has 3 rings (SSSR count). The molecule has 0 aliphatic heterocycles. The predicted octanol–water partition coefficient (Wildman–Crippen LogP) is 5.35. The van der Waals surface area contributed by atoms with Gasteiger partial charge in [-0.3, -0.25) is 4.57 Å². The molecule has 0 aliphatic carbocycles. The zero-order valence-corrected chi connectivity index (χ0v) is 16.1. The molecule has 1 aromatic heterocycles. The van der Waals surface area contributed by atoms with Gasteiger partial charge in [0.25, 0.3) is 0 Å². The molecule has 0 aliphatic rings. The summed E-state index contributed by atoms with van der Waals surface area (Å²) < 4.78 is 29.4. The SMILES string of the molecule is CC(C)c1nc(CCCO)n(-c2ccccc2)c1Sc1cc(F)cc(F)c1. The maximum Gasteiger partial charge on any atom is 0.127 e. The van der Waals surface area contributed by atoms with Gasteiger partial charge in [0.1, 0.15) is 22.5 Å². The Kier molecular flexibility index (Phi) is 6.29. The number of hydrogen-bond donors (Lipinski definition) is 1. The molecule has 1 heterocycles. The van der Waals surface area contributed by atoms with Crippen LogP contribution in [0.1, 0.15) is 37.7 Å². The largest absolute Gasteiger partial charge is 0.396 e. The third-order valence-corrected chi connectivity index (χ3v) is 5.16. The Morgan fingerprint density at radius 2 is 1.74 bits per heavy atom. The van der Waals surface area contributed by atoms with Gasteiger partial charge in [-0.15, -0.1) is 0 Å². The monoisotopic (exact) mass is 388 g/mol. The van der Waals surface area contributed by atoms with Crippen LogP contribution in [0.25, 0.3) is 5.69 Å². The molecule has 3 aromatic rings. The molecule has 1 N–H and O–H groups in total. The fourth-order valence-electron chi connectivity index (χ4n) is 2.89. The normalized spacial score (nSPS) is 11.3. The van der Waals surface area contributed by atoms with Gasteiger partial charge in [-0.25, -0.2) is 13.8 Å². The van der Waals surface area contributed by atoms with Crippen molar-refractivity contribution in [1.82, 2.24) is 9.55 Å². The van der Waals surface area contributed by atoms with Crippen LogP contribution in [0.5, 0.6) is 0 Å². The fourth-order valence-corrected chi connectivity index (χ4v) is 4.14. The molecule has 0 unspecified atom stereocenters. The molecule has 2 aromatic carbocycles. The van der Waals surface area contributed by atoms with Crippen molar-refractivity contribution in [3.8, 4) is 5.69 Å². The number of aliphatic hydroxyl groups excluding tert-OH is 1. The van der Waals surface area contributed by atoms with E-state index in [4.69, 9.17) is 4.98 Å². The minimum Gasteiger partial charge on any atom is -0.396 e. The summed E-state index contributed by atoms with van der Waals surface area (Å²) in [6, 6.07) is 13.3. The first-order valence-corrected chi connectivity index (χ1v) is 9.73. The molecule has 6 heteroatoms. The van der Waals surface area contributed by atoms with E-state index in [1.54, 1.807) is 0 Å². The Morgan fingerprint density at radius 3 is 2.33 bits per heavy atom. The van der Waals surface area contributed by atoms with Crippen LogP contribution < -0.4 is 0 Å². The van der Waals surface area contributed by atoms with Crippen LogP contribution >= 0.6 is 11.8 Å². The van der Waals surface area contributed by atoms with Crippen molar-refractivity contribution in [3.05, 3.63) is 71.7 Å². The number of hydrogen-bond acceptors (Lipinski definition) is 3. The van der Waals surface area contributed by atoms with Crippen LogP contribution in [0.15, 0.2) is 58.5 Å². The lowest BCUT2D eigenvalue weighted by molar-refractivity contribution is 0.287. The zero-order chi connectivity index (χ0) is 19.4. The van der Waals surface area contributed by atoms with Gasteiger partial charge < -0.3 is 5.11 Å². The Balaban J connectivity index is 2.15. The number of aromatic nitrogens is 2. The highest BCUT2D eigenvalue weighted by atomic mass is 32.2. The van der Waals surface area contributed by atoms with Crippen molar-refractivity contribution in [3.63, 3.8) is 0 Å². The van der Waals surface area contributed by atoms with Gasteiger partial charge in [-0.1, -0.05) is 43.8 Å². The zero-order valence-electron chi connectivity index (χ0n) is 15.3. The number of imidazole rings is 1. The standard InChI is InChI=1S/C21H22F2N2OS/c1-14(2)20-21(27-18-12-15(22)11-16(23)13-18)25(17-7-4-3-5-8-17)19(24-20)9-6-10-26/h3-5,7-8,11-14,26H,6,9-10H2,1-2H3. The lowest BCUT2D eigenvalue weighted by Gasteiger charge is -2.13. The summed E-state index contributed by atoms with van der Waals surface area (Å²) in [6.45, 7) is 4.17. The van der Waals surface area contributed by atoms with Crippen molar-refractivity contribution >= 4 is 11.8 Å². The molecule has 0 saturated heterocycles. The second kappa shape index (κ2) is 8.67. The van der Waals surface area contributed by atoms with Crippen molar-refractivity contribution < 1.29 is 13.9 Å². The van der Waals surface area contributed by atoms with E-state index >= 15 is 0 Å². The van der Waals surface area contributed by atoms with E-state index in [1.807, 2.05) is 48.7 Å². The van der Waals surface area contributed by atoms with E-state index in [9.17, 15) is 13.9 Å². The average Bonchev–Trinajstić information content (AvgIpc) is 2.98. The number of aryl methyl sites for hydroxylation is 1. The highest BCUT2D eigenvalue weighted by Gasteiger charge is 2.21. The fraction of sp³-hybridized carbons (Fsp3) is 0.286. The van der Waals surface area contributed by atoms with Crippen molar-refractivity contribution in [1.29, 1.82) is 0 Å². The minimum absolute atomic E-state index is 0.0796. The van der Waals surface area contributed by atoms with Crippen LogP contribution in [0.3, 0.4) is 0 Å². The Bertz CT molecular complexity index is 890. The first-order chi connectivity index (χ1) is 13.0. The molecule has 3 nitrogen and oxygen atoms in total. The van der Waals surface area contributed by atoms with E-state index in [-0.39, 0.29) is 12.5 Å². The summed E-state index contributed by atoms with van der Waals surface area (Å²) in [7, 11) is 0. The molecule has 0 radical (unpaired) electrons. The van der Waals surface area contributed by atoms with Gasteiger partial charge in [-0.2, -0.15) is 0 Å². The maximum atomic E-state index is 13.7. The van der Waals surface area contributed by atoms with Crippen molar-refractivity contribution in [2.45, 2.75) is 42.5 Å². The molecular formula is C21H22F2N2OS. The Morgan fingerprint density at radius 1 is 1.07 bits per heavy atom. The number of rotatable bonds is 7. The molecule has 0 spiro atoms. The first kappa shape index (κ1) is 19.6. The quantitative estimate of drug-likeness (QED) is 0.593. The summed E-state index contributed by atoms with van der Waals surface area (Å²) in [4.78, 5) is 5.29. The summed E-state index contributed by atoms with van der Waals surface area (Å²) >= 11 is 1.30. The van der Waals surface area contributed by atoms with E-state index in [1.165, 1.54) is 23.9 Å². The van der Waals surface area contributed by atoms with Gasteiger partial charge in [0, 0.05) is 29.7 Å². The third-order valence-electron chi connectivity index (χ3n) is 4.10. The minimum atomic E-state index is -0.602. The average molecular weight is 388 g/mol. The van der Waals surface area contributed by atoms with Gasteiger partial charge in [0.05, 0.1) is 5.69 Å². The van der Waals surface area contributed by atoms with Crippen LogP contribution in [0, 0.1) is 11.6 Å². The molecular weight excluding hydrogens is 366 g/mol. The van der Waals surface area contributed by atoms with Crippen LogP contribution in [-0.4, -0.2) is 21.3 Å².